The fourth-order valence-corrected chi connectivity index (χ4v) is 5.44. The van der Waals surface area contributed by atoms with Crippen LogP contribution in [0.5, 0.6) is 0 Å². The van der Waals surface area contributed by atoms with E-state index < -0.39 is 53.6 Å². The van der Waals surface area contributed by atoms with E-state index in [4.69, 9.17) is 19.7 Å². The summed E-state index contributed by atoms with van der Waals surface area (Å²) < 4.78 is 28.6. The average Bonchev–Trinajstić information content (AvgIpc) is 2.60. The Labute approximate surface area is 226 Å². The van der Waals surface area contributed by atoms with Crippen molar-refractivity contribution in [2.24, 2.45) is 21.6 Å². The molecule has 1 aromatic carbocycles. The molecule has 0 spiro atoms. The lowest BCUT2D eigenvalue weighted by Crippen LogP contribution is -2.52. The third-order valence-corrected chi connectivity index (χ3v) is 5.80. The first kappa shape index (κ1) is 33.6. The maximum Gasteiger partial charge on any atom is 0.470 e. The predicted molar refractivity (Wildman–Crippen MR) is 147 cm³/mol. The lowest BCUT2D eigenvalue weighted by molar-refractivity contribution is -0.135. The van der Waals surface area contributed by atoms with Crippen LogP contribution in [-0.4, -0.2) is 39.1 Å². The van der Waals surface area contributed by atoms with Crippen molar-refractivity contribution in [2.45, 2.75) is 99.9 Å². The van der Waals surface area contributed by atoms with E-state index in [1.165, 1.54) is 12.1 Å². The molecule has 1 aromatic rings. The van der Waals surface area contributed by atoms with Crippen LogP contribution in [0.1, 0.15) is 88.6 Å². The number of benzene rings is 1. The largest absolute Gasteiger partial charge is 0.470 e. The van der Waals surface area contributed by atoms with E-state index in [2.05, 4.69) is 4.99 Å². The molecule has 0 atom stereocenters. The first-order chi connectivity index (χ1) is 16.7. The van der Waals surface area contributed by atoms with Gasteiger partial charge in [-0.1, -0.05) is 53.7 Å². The van der Waals surface area contributed by atoms with Gasteiger partial charge in [-0.05, 0) is 70.1 Å². The van der Waals surface area contributed by atoms with Crippen LogP contribution in [0.25, 0.3) is 0 Å². The van der Waals surface area contributed by atoms with E-state index in [0.29, 0.717) is 5.56 Å². The first-order valence-corrected chi connectivity index (χ1v) is 13.7. The first-order valence-electron chi connectivity index (χ1n) is 12.2. The minimum atomic E-state index is -5.00. The van der Waals surface area contributed by atoms with E-state index in [1.54, 1.807) is 95.2 Å². The molecule has 0 aromatic heterocycles. The van der Waals surface area contributed by atoms with Crippen molar-refractivity contribution in [1.82, 2.24) is 0 Å². The second-order valence-electron chi connectivity index (χ2n) is 13.1. The molecule has 0 fully saturated rings. The number of ether oxygens (including phenoxy) is 2. The fraction of sp³-hybridized carbons (Fsp3) is 0.654. The van der Waals surface area contributed by atoms with Gasteiger partial charge in [0.2, 0.25) is 5.96 Å². The molecular weight excluding hydrogens is 513 g/mol. The quantitative estimate of drug-likeness (QED) is 0.226. The Morgan fingerprint density at radius 2 is 1.34 bits per heavy atom. The van der Waals surface area contributed by atoms with Crippen molar-refractivity contribution < 1.29 is 37.9 Å². The van der Waals surface area contributed by atoms with Gasteiger partial charge in [-0.3, -0.25) is 4.52 Å². The third-order valence-electron chi connectivity index (χ3n) is 5.28. The number of aliphatic imine (C=N–C) groups is 1. The molecule has 0 heterocycles. The molecule has 0 saturated carbocycles. The summed E-state index contributed by atoms with van der Waals surface area (Å²) in [5, 5.41) is 0. The standard InChI is InChI=1S/C26H44N3O8P/c1-22(2,3)26(23(4,5)6,37-38(32,33)34)17-14-13-15-18(16-17)29(21(31)36-25(10,11)12)19(27)28-20(30)35-24(7,8)9/h13-16H,1-12H3,(H2,27,28,30)(H2,32,33,34). The summed E-state index contributed by atoms with van der Waals surface area (Å²) in [4.78, 5) is 50.2. The van der Waals surface area contributed by atoms with Crippen molar-refractivity contribution in [3.8, 4) is 0 Å². The van der Waals surface area contributed by atoms with Gasteiger partial charge in [-0.2, -0.15) is 0 Å². The van der Waals surface area contributed by atoms with Crippen molar-refractivity contribution in [3.63, 3.8) is 0 Å². The van der Waals surface area contributed by atoms with Crippen LogP contribution in [-0.2, 0) is 24.2 Å². The predicted octanol–water partition coefficient (Wildman–Crippen LogP) is 6.07. The maximum atomic E-state index is 13.3. The molecule has 2 amide bonds. The number of anilines is 1. The van der Waals surface area contributed by atoms with E-state index in [-0.39, 0.29) is 5.69 Å². The van der Waals surface area contributed by atoms with E-state index >= 15 is 0 Å². The highest BCUT2D eigenvalue weighted by molar-refractivity contribution is 7.46. The average molecular weight is 558 g/mol. The number of carbonyl (C=O) groups excluding carboxylic acids is 2. The van der Waals surface area contributed by atoms with Gasteiger partial charge in [0.15, 0.2) is 0 Å². The summed E-state index contributed by atoms with van der Waals surface area (Å²) >= 11 is 0. The summed E-state index contributed by atoms with van der Waals surface area (Å²) in [7, 11) is -5.00. The molecule has 0 unspecified atom stereocenters. The number of nitrogens with two attached hydrogens (primary N) is 1. The molecule has 0 radical (unpaired) electrons. The molecule has 0 aliphatic rings. The molecule has 4 N–H and O–H groups in total. The van der Waals surface area contributed by atoms with Crippen molar-refractivity contribution in [3.05, 3.63) is 29.8 Å². The van der Waals surface area contributed by atoms with Crippen molar-refractivity contribution in [1.29, 1.82) is 0 Å². The smallest absolute Gasteiger partial charge is 0.443 e. The van der Waals surface area contributed by atoms with Crippen LogP contribution < -0.4 is 10.6 Å². The van der Waals surface area contributed by atoms with Crippen molar-refractivity contribution in [2.75, 3.05) is 4.90 Å². The van der Waals surface area contributed by atoms with Gasteiger partial charge in [0, 0.05) is 0 Å². The Morgan fingerprint density at radius 1 is 0.868 bits per heavy atom. The van der Waals surface area contributed by atoms with Crippen LogP contribution in [0.15, 0.2) is 29.3 Å². The molecule has 12 heteroatoms. The lowest BCUT2D eigenvalue weighted by atomic mass is 9.59. The van der Waals surface area contributed by atoms with Crippen LogP contribution in [0.3, 0.4) is 0 Å². The number of phosphoric ester groups is 1. The van der Waals surface area contributed by atoms with Gasteiger partial charge in [-0.15, -0.1) is 4.99 Å². The van der Waals surface area contributed by atoms with Gasteiger partial charge >= 0.3 is 20.0 Å². The lowest BCUT2D eigenvalue weighted by Gasteiger charge is -2.53. The Morgan fingerprint density at radius 3 is 1.74 bits per heavy atom. The highest BCUT2D eigenvalue weighted by Crippen LogP contribution is 2.61. The highest BCUT2D eigenvalue weighted by Gasteiger charge is 2.56. The highest BCUT2D eigenvalue weighted by atomic mass is 31.2. The summed E-state index contributed by atoms with van der Waals surface area (Å²) in [5.74, 6) is -0.515. The summed E-state index contributed by atoms with van der Waals surface area (Å²) in [6.45, 7) is 20.7. The maximum absolute atomic E-state index is 13.3. The van der Waals surface area contributed by atoms with Crippen LogP contribution in [0.4, 0.5) is 15.3 Å². The Balaban J connectivity index is 3.93. The van der Waals surface area contributed by atoms with Gasteiger partial charge in [0.25, 0.3) is 0 Å². The minimum Gasteiger partial charge on any atom is -0.443 e. The topological polar surface area (TPSA) is 161 Å². The summed E-state index contributed by atoms with van der Waals surface area (Å²) in [6, 6.07) is 6.26. The number of hydrogen-bond donors (Lipinski definition) is 3. The number of rotatable bonds is 4. The zero-order valence-corrected chi connectivity index (χ0v) is 25.5. The monoisotopic (exact) mass is 557 g/mol. The van der Waals surface area contributed by atoms with E-state index in [9.17, 15) is 23.9 Å². The Kier molecular flexibility index (Phi) is 9.68. The molecule has 1 rings (SSSR count). The minimum absolute atomic E-state index is 0.133. The summed E-state index contributed by atoms with van der Waals surface area (Å²) in [6.07, 6.45) is -1.93. The number of guanidine groups is 1. The summed E-state index contributed by atoms with van der Waals surface area (Å²) in [5.41, 5.74) is 1.62. The molecule has 216 valence electrons. The number of nitrogens with zero attached hydrogens (tertiary/aromatic N) is 2. The van der Waals surface area contributed by atoms with Gasteiger partial charge in [-0.25, -0.2) is 19.1 Å². The Hall–Kier alpha value is -2.46. The number of phosphoric acid groups is 1. The second kappa shape index (κ2) is 11.0. The van der Waals surface area contributed by atoms with Crippen LogP contribution in [0, 0.1) is 10.8 Å². The SMILES string of the molecule is CC(C)(C)OC(=O)N=C(N)N(C(=O)OC(C)(C)C)c1cccc(C(OP(=O)(O)O)(C(C)(C)C)C(C)(C)C)c1. The Bertz CT molecular complexity index is 1090. The van der Waals surface area contributed by atoms with Crippen molar-refractivity contribution >= 4 is 31.7 Å². The number of amides is 2. The van der Waals surface area contributed by atoms with Gasteiger partial charge < -0.3 is 25.0 Å². The van der Waals surface area contributed by atoms with Gasteiger partial charge in [0.05, 0.1) is 5.69 Å². The van der Waals surface area contributed by atoms with Crippen LogP contribution >= 0.6 is 7.82 Å². The number of hydrogen-bond acceptors (Lipinski definition) is 6. The van der Waals surface area contributed by atoms with E-state index in [1.807, 2.05) is 0 Å². The zero-order valence-electron chi connectivity index (χ0n) is 24.6. The van der Waals surface area contributed by atoms with Gasteiger partial charge in [0.1, 0.15) is 16.8 Å². The third kappa shape index (κ3) is 8.80. The molecular formula is C26H44N3O8P. The molecule has 0 bridgehead atoms. The molecule has 38 heavy (non-hydrogen) atoms. The normalized spacial score (nSPS) is 14.2. The molecule has 0 saturated heterocycles. The zero-order chi connectivity index (χ0) is 30.1. The molecule has 11 nitrogen and oxygen atoms in total. The second-order valence-corrected chi connectivity index (χ2v) is 14.2. The molecule has 0 aliphatic heterocycles. The number of carbonyl (C=O) groups is 2. The van der Waals surface area contributed by atoms with E-state index in [0.717, 1.165) is 4.90 Å². The molecule has 0 aliphatic carbocycles. The fourth-order valence-electron chi connectivity index (χ4n) is 4.43. The van der Waals surface area contributed by atoms with Crippen LogP contribution in [0.2, 0.25) is 0 Å².